The summed E-state index contributed by atoms with van der Waals surface area (Å²) in [7, 11) is -3.76. The number of aliphatic hydroxyl groups is 1. The van der Waals surface area contributed by atoms with Crippen LogP contribution in [0.1, 0.15) is 19.8 Å². The molecular weight excluding hydrogens is 259 g/mol. The van der Waals surface area contributed by atoms with E-state index in [0.717, 1.165) is 6.07 Å². The number of sulfonamides is 1. The van der Waals surface area contributed by atoms with Gasteiger partial charge in [0.25, 0.3) is 0 Å². The van der Waals surface area contributed by atoms with Crippen molar-refractivity contribution in [3.05, 3.63) is 24.0 Å². The van der Waals surface area contributed by atoms with Gasteiger partial charge in [0.15, 0.2) is 0 Å². The third-order valence-corrected chi connectivity index (χ3v) is 3.98. The number of hydrogen-bond acceptors (Lipinski definition) is 4. The summed E-state index contributed by atoms with van der Waals surface area (Å²) >= 11 is 0. The molecule has 5 nitrogen and oxygen atoms in total. The van der Waals surface area contributed by atoms with Crippen LogP contribution in [0.15, 0.2) is 23.1 Å². The van der Waals surface area contributed by atoms with Gasteiger partial charge < -0.3 is 10.8 Å². The molecule has 0 saturated heterocycles. The molecule has 0 saturated carbocycles. The van der Waals surface area contributed by atoms with Gasteiger partial charge in [0.2, 0.25) is 10.0 Å². The van der Waals surface area contributed by atoms with Crippen molar-refractivity contribution in [2.45, 2.75) is 30.8 Å². The van der Waals surface area contributed by atoms with Crippen LogP contribution in [-0.2, 0) is 10.0 Å². The van der Waals surface area contributed by atoms with Crippen molar-refractivity contribution in [1.29, 1.82) is 0 Å². The number of nitrogens with two attached hydrogens (primary N) is 1. The van der Waals surface area contributed by atoms with Crippen molar-refractivity contribution in [2.24, 2.45) is 0 Å². The van der Waals surface area contributed by atoms with Crippen LogP contribution in [0.2, 0.25) is 0 Å². The highest BCUT2D eigenvalue weighted by Gasteiger charge is 2.15. The Balaban J connectivity index is 2.71. The second-order valence-corrected chi connectivity index (χ2v) is 5.70. The van der Waals surface area contributed by atoms with Crippen molar-refractivity contribution < 1.29 is 17.9 Å². The van der Waals surface area contributed by atoms with Crippen molar-refractivity contribution >= 4 is 15.7 Å². The normalized spacial score (nSPS) is 13.5. The minimum atomic E-state index is -3.76. The lowest BCUT2D eigenvalue weighted by molar-refractivity contribution is 0.162. The average Bonchev–Trinajstić information content (AvgIpc) is 2.32. The molecule has 0 bridgehead atoms. The predicted molar refractivity (Wildman–Crippen MR) is 66.9 cm³/mol. The van der Waals surface area contributed by atoms with Gasteiger partial charge in [0.05, 0.1) is 16.7 Å². The van der Waals surface area contributed by atoms with E-state index in [1.807, 2.05) is 0 Å². The van der Waals surface area contributed by atoms with E-state index in [-0.39, 0.29) is 17.1 Å². The van der Waals surface area contributed by atoms with Crippen LogP contribution in [-0.4, -0.2) is 26.2 Å². The van der Waals surface area contributed by atoms with Gasteiger partial charge in [0, 0.05) is 6.54 Å². The lowest BCUT2D eigenvalue weighted by Crippen LogP contribution is -2.27. The standard InChI is InChI=1S/C11H17FN2O3S/c1-2-8(15)5-6-14-18(16,17)9-3-4-11(13)10(12)7-9/h3-4,7-8,14-15H,2,5-6,13H2,1H3. The molecule has 0 fully saturated rings. The Morgan fingerprint density at radius 3 is 2.72 bits per heavy atom. The Labute approximate surface area is 106 Å². The molecule has 18 heavy (non-hydrogen) atoms. The summed E-state index contributed by atoms with van der Waals surface area (Å²) in [6.45, 7) is 1.90. The highest BCUT2D eigenvalue weighted by molar-refractivity contribution is 7.89. The summed E-state index contributed by atoms with van der Waals surface area (Å²) < 4.78 is 39.0. The summed E-state index contributed by atoms with van der Waals surface area (Å²) in [5.41, 5.74) is 5.17. The van der Waals surface area contributed by atoms with E-state index in [1.54, 1.807) is 6.92 Å². The summed E-state index contributed by atoms with van der Waals surface area (Å²) in [5.74, 6) is -0.772. The molecule has 0 aliphatic rings. The number of hydrogen-bond donors (Lipinski definition) is 3. The predicted octanol–water partition coefficient (Wildman–Crippen LogP) is 0.847. The molecule has 0 spiro atoms. The molecule has 1 unspecified atom stereocenters. The first-order valence-corrected chi connectivity index (χ1v) is 7.08. The average molecular weight is 276 g/mol. The Morgan fingerprint density at radius 2 is 2.17 bits per heavy atom. The van der Waals surface area contributed by atoms with Crippen LogP contribution in [0.4, 0.5) is 10.1 Å². The smallest absolute Gasteiger partial charge is 0.240 e. The molecule has 0 radical (unpaired) electrons. The fourth-order valence-corrected chi connectivity index (χ4v) is 2.38. The first-order valence-electron chi connectivity index (χ1n) is 5.59. The van der Waals surface area contributed by atoms with E-state index in [2.05, 4.69) is 4.72 Å². The van der Waals surface area contributed by atoms with E-state index in [4.69, 9.17) is 5.73 Å². The van der Waals surface area contributed by atoms with Crippen molar-refractivity contribution in [3.63, 3.8) is 0 Å². The number of nitrogens with one attached hydrogen (secondary N) is 1. The summed E-state index contributed by atoms with van der Waals surface area (Å²) in [6, 6.07) is 3.30. The number of benzene rings is 1. The van der Waals surface area contributed by atoms with Gasteiger partial charge in [-0.1, -0.05) is 6.92 Å². The zero-order valence-electron chi connectivity index (χ0n) is 10.1. The largest absolute Gasteiger partial charge is 0.396 e. The Kier molecular flexibility index (Phi) is 5.06. The number of halogens is 1. The van der Waals surface area contributed by atoms with E-state index >= 15 is 0 Å². The van der Waals surface area contributed by atoms with Crippen molar-refractivity contribution in [1.82, 2.24) is 4.72 Å². The monoisotopic (exact) mass is 276 g/mol. The van der Waals surface area contributed by atoms with Crippen molar-refractivity contribution in [3.8, 4) is 0 Å². The third-order valence-electron chi connectivity index (χ3n) is 2.52. The Hall–Kier alpha value is -1.18. The number of nitrogen functional groups attached to an aromatic ring is 1. The van der Waals surface area contributed by atoms with Crippen molar-refractivity contribution in [2.75, 3.05) is 12.3 Å². The van der Waals surface area contributed by atoms with E-state index in [0.29, 0.717) is 12.8 Å². The minimum Gasteiger partial charge on any atom is -0.396 e. The summed E-state index contributed by atoms with van der Waals surface area (Å²) in [6.07, 6.45) is 0.321. The molecule has 1 aromatic carbocycles. The molecule has 7 heteroatoms. The molecule has 0 aliphatic carbocycles. The minimum absolute atomic E-state index is 0.101. The SMILES string of the molecule is CCC(O)CCNS(=O)(=O)c1ccc(N)c(F)c1. The van der Waals surface area contributed by atoms with Crippen LogP contribution >= 0.6 is 0 Å². The molecular formula is C11H17FN2O3S. The topological polar surface area (TPSA) is 92.4 Å². The maximum absolute atomic E-state index is 13.2. The first kappa shape index (κ1) is 14.9. The molecule has 0 amide bonds. The molecule has 0 aliphatic heterocycles. The molecule has 4 N–H and O–H groups in total. The molecule has 0 heterocycles. The van der Waals surface area contributed by atoms with Gasteiger partial charge in [0.1, 0.15) is 5.82 Å². The van der Waals surface area contributed by atoms with Gasteiger partial charge >= 0.3 is 0 Å². The molecule has 0 aromatic heterocycles. The lowest BCUT2D eigenvalue weighted by atomic mass is 10.2. The number of anilines is 1. The first-order chi connectivity index (χ1) is 8.36. The lowest BCUT2D eigenvalue weighted by Gasteiger charge is -2.10. The van der Waals surface area contributed by atoms with Crippen LogP contribution in [0.5, 0.6) is 0 Å². The number of aliphatic hydroxyl groups excluding tert-OH is 1. The van der Waals surface area contributed by atoms with E-state index < -0.39 is 21.9 Å². The Bertz CT molecular complexity index is 505. The number of rotatable bonds is 6. The Morgan fingerprint density at radius 1 is 1.50 bits per heavy atom. The van der Waals surface area contributed by atoms with Gasteiger partial charge in [-0.15, -0.1) is 0 Å². The molecule has 1 rings (SSSR count). The zero-order chi connectivity index (χ0) is 13.8. The maximum Gasteiger partial charge on any atom is 0.240 e. The van der Waals surface area contributed by atoms with Crippen LogP contribution < -0.4 is 10.5 Å². The maximum atomic E-state index is 13.2. The van der Waals surface area contributed by atoms with E-state index in [9.17, 15) is 17.9 Å². The molecule has 102 valence electrons. The van der Waals surface area contributed by atoms with Gasteiger partial charge in [-0.25, -0.2) is 17.5 Å². The highest BCUT2D eigenvalue weighted by Crippen LogP contribution is 2.16. The van der Waals surface area contributed by atoms with Gasteiger partial charge in [-0.2, -0.15) is 0 Å². The third kappa shape index (κ3) is 3.94. The molecule has 1 aromatic rings. The van der Waals surface area contributed by atoms with E-state index in [1.165, 1.54) is 12.1 Å². The second-order valence-electron chi connectivity index (χ2n) is 3.93. The zero-order valence-corrected chi connectivity index (χ0v) is 10.9. The van der Waals surface area contributed by atoms with Gasteiger partial charge in [-0.3, -0.25) is 0 Å². The van der Waals surface area contributed by atoms with Crippen LogP contribution in [0, 0.1) is 5.82 Å². The van der Waals surface area contributed by atoms with Gasteiger partial charge in [-0.05, 0) is 31.0 Å². The molecule has 1 atom stereocenters. The summed E-state index contributed by atoms with van der Waals surface area (Å²) in [4.78, 5) is -0.180. The quantitative estimate of drug-likeness (QED) is 0.671. The van der Waals surface area contributed by atoms with Crippen LogP contribution in [0.3, 0.4) is 0 Å². The second kappa shape index (κ2) is 6.12. The highest BCUT2D eigenvalue weighted by atomic mass is 32.2. The summed E-state index contributed by atoms with van der Waals surface area (Å²) in [5, 5.41) is 9.29. The fourth-order valence-electron chi connectivity index (χ4n) is 1.32. The van der Waals surface area contributed by atoms with Crippen LogP contribution in [0.25, 0.3) is 0 Å². The fraction of sp³-hybridized carbons (Fsp3) is 0.455.